The van der Waals surface area contributed by atoms with Crippen LogP contribution in [0.15, 0.2) is 22.9 Å². The van der Waals surface area contributed by atoms with Crippen molar-refractivity contribution in [2.45, 2.75) is 25.0 Å². The molecule has 0 saturated carbocycles. The third-order valence-corrected chi connectivity index (χ3v) is 6.97. The number of carbonyl (C=O) groups is 4. The van der Waals surface area contributed by atoms with Crippen molar-refractivity contribution in [3.63, 3.8) is 0 Å². The Balaban J connectivity index is 1.49. The lowest BCUT2D eigenvalue weighted by molar-refractivity contribution is -0.147. The van der Waals surface area contributed by atoms with Gasteiger partial charge in [-0.3, -0.25) is 14.4 Å². The highest BCUT2D eigenvalue weighted by Crippen LogP contribution is 2.44. The first-order chi connectivity index (χ1) is 14.4. The molecule has 4 atom stereocenters. The summed E-state index contributed by atoms with van der Waals surface area (Å²) < 4.78 is 10.3. The maximum Gasteiger partial charge on any atom is 0.340 e. The van der Waals surface area contributed by atoms with Gasteiger partial charge >= 0.3 is 11.9 Å². The molecule has 0 spiro atoms. The van der Waals surface area contributed by atoms with E-state index in [9.17, 15) is 24.3 Å². The quantitative estimate of drug-likeness (QED) is 0.577. The van der Waals surface area contributed by atoms with Gasteiger partial charge in [0.1, 0.15) is 10.0 Å². The van der Waals surface area contributed by atoms with Crippen molar-refractivity contribution in [2.75, 3.05) is 17.7 Å². The zero-order valence-electron chi connectivity index (χ0n) is 15.7. The van der Waals surface area contributed by atoms with Gasteiger partial charge in [-0.15, -0.1) is 22.7 Å². The lowest BCUT2D eigenvalue weighted by atomic mass is 9.79. The normalized spacial score (nSPS) is 24.4. The van der Waals surface area contributed by atoms with Crippen LogP contribution in [0.25, 0.3) is 0 Å². The second-order valence-electron chi connectivity index (χ2n) is 6.94. The predicted molar refractivity (Wildman–Crippen MR) is 109 cm³/mol. The number of hydrogen-bond donors (Lipinski definition) is 3. The number of carbonyl (C=O) groups excluding carboxylic acids is 3. The largest absolute Gasteiger partial charge is 0.481 e. The minimum Gasteiger partial charge on any atom is -0.481 e. The molecule has 2 saturated heterocycles. The lowest BCUT2D eigenvalue weighted by Gasteiger charge is -2.23. The molecule has 4 heterocycles. The van der Waals surface area contributed by atoms with E-state index in [4.69, 9.17) is 9.47 Å². The molecule has 2 bridgehead atoms. The number of rotatable bonds is 6. The summed E-state index contributed by atoms with van der Waals surface area (Å²) in [6.45, 7) is 0. The number of thiophene rings is 2. The van der Waals surface area contributed by atoms with Gasteiger partial charge in [-0.05, 0) is 35.7 Å². The molecule has 2 aliphatic heterocycles. The van der Waals surface area contributed by atoms with Crippen LogP contribution in [0.3, 0.4) is 0 Å². The van der Waals surface area contributed by atoms with Crippen molar-refractivity contribution in [2.24, 2.45) is 11.8 Å². The minimum atomic E-state index is -1.06. The van der Waals surface area contributed by atoms with Crippen LogP contribution in [-0.4, -0.2) is 48.2 Å². The number of fused-ring (bicyclic) bond motifs is 2. The zero-order valence-corrected chi connectivity index (χ0v) is 17.4. The summed E-state index contributed by atoms with van der Waals surface area (Å²) in [5.74, 6) is -4.30. The van der Waals surface area contributed by atoms with Crippen LogP contribution in [0, 0.1) is 11.8 Å². The molecule has 2 amide bonds. The second kappa shape index (κ2) is 8.17. The van der Waals surface area contributed by atoms with E-state index in [0.29, 0.717) is 22.8 Å². The Morgan fingerprint density at radius 3 is 2.23 bits per heavy atom. The van der Waals surface area contributed by atoms with E-state index in [2.05, 4.69) is 10.6 Å². The average Bonchev–Trinajstić information content (AvgIpc) is 3.50. The van der Waals surface area contributed by atoms with E-state index >= 15 is 0 Å². The van der Waals surface area contributed by atoms with Crippen molar-refractivity contribution in [3.05, 3.63) is 34.0 Å². The Morgan fingerprint density at radius 2 is 1.60 bits per heavy atom. The Hall–Kier alpha value is -2.76. The fourth-order valence-electron chi connectivity index (χ4n) is 3.95. The van der Waals surface area contributed by atoms with Crippen LogP contribution in [0.2, 0.25) is 0 Å². The van der Waals surface area contributed by atoms with Gasteiger partial charge in [-0.25, -0.2) is 4.79 Å². The molecular weight excluding hydrogens is 432 g/mol. The summed E-state index contributed by atoms with van der Waals surface area (Å²) in [6, 6.07) is 3.09. The van der Waals surface area contributed by atoms with Crippen LogP contribution in [0.4, 0.5) is 10.0 Å². The number of anilines is 2. The summed E-state index contributed by atoms with van der Waals surface area (Å²) in [5.41, 5.74) is 0.452. The van der Waals surface area contributed by atoms with Gasteiger partial charge in [0.25, 0.3) is 5.91 Å². The Morgan fingerprint density at radius 1 is 1.00 bits per heavy atom. The Kier molecular flexibility index (Phi) is 5.58. The molecule has 2 aromatic heterocycles. The van der Waals surface area contributed by atoms with Gasteiger partial charge in [0.2, 0.25) is 5.91 Å². The summed E-state index contributed by atoms with van der Waals surface area (Å²) in [4.78, 5) is 49.0. The van der Waals surface area contributed by atoms with Gasteiger partial charge in [0, 0.05) is 0 Å². The lowest BCUT2D eigenvalue weighted by Crippen LogP contribution is -2.41. The first kappa shape index (κ1) is 20.5. The molecule has 9 nitrogen and oxygen atoms in total. The van der Waals surface area contributed by atoms with Crippen LogP contribution >= 0.6 is 22.7 Å². The Labute approximate surface area is 179 Å². The first-order valence-corrected chi connectivity index (χ1v) is 10.9. The first-order valence-electron chi connectivity index (χ1n) is 9.14. The van der Waals surface area contributed by atoms with Gasteiger partial charge in [0.05, 0.1) is 42.3 Å². The van der Waals surface area contributed by atoms with E-state index in [1.54, 1.807) is 22.9 Å². The molecule has 2 aromatic rings. The summed E-state index contributed by atoms with van der Waals surface area (Å²) in [5, 5.41) is 18.8. The van der Waals surface area contributed by atoms with E-state index in [1.165, 1.54) is 18.4 Å². The standard InChI is InChI=1S/C19H18N2O7S2/c1-27-19(26)9-5-7-30-17(9)20-14(22)8-4-6-29-16(8)21-15(23)12-10-2-3-11(28-10)13(12)18(24)25/h4-7,10-13H,2-3H2,1H3,(H,20,22)(H,21,23)(H,24,25)/t10-,11-,12-,13-/m1/s1. The van der Waals surface area contributed by atoms with Gasteiger partial charge in [-0.2, -0.15) is 0 Å². The van der Waals surface area contributed by atoms with Gasteiger partial charge in [-0.1, -0.05) is 0 Å². The number of carboxylic acids is 1. The van der Waals surface area contributed by atoms with Crippen LogP contribution in [0.1, 0.15) is 33.6 Å². The van der Waals surface area contributed by atoms with Crippen LogP contribution in [0.5, 0.6) is 0 Å². The molecule has 30 heavy (non-hydrogen) atoms. The molecule has 0 unspecified atom stereocenters. The highest BCUT2D eigenvalue weighted by Gasteiger charge is 2.55. The van der Waals surface area contributed by atoms with Crippen molar-refractivity contribution in [1.29, 1.82) is 0 Å². The fourth-order valence-corrected chi connectivity index (χ4v) is 5.51. The van der Waals surface area contributed by atoms with Crippen molar-refractivity contribution in [1.82, 2.24) is 0 Å². The molecule has 158 valence electrons. The molecular formula is C19H18N2O7S2. The number of methoxy groups -OCH3 is 1. The topological polar surface area (TPSA) is 131 Å². The summed E-state index contributed by atoms with van der Waals surface area (Å²) >= 11 is 2.33. The monoisotopic (exact) mass is 450 g/mol. The number of aliphatic carboxylic acids is 1. The van der Waals surface area contributed by atoms with E-state index < -0.39 is 47.8 Å². The van der Waals surface area contributed by atoms with Gasteiger partial charge < -0.3 is 25.2 Å². The van der Waals surface area contributed by atoms with E-state index in [0.717, 1.165) is 11.3 Å². The summed E-state index contributed by atoms with van der Waals surface area (Å²) in [7, 11) is 1.25. The molecule has 3 N–H and O–H groups in total. The number of carboxylic acid groups (broad SMARTS) is 1. The van der Waals surface area contributed by atoms with Crippen molar-refractivity contribution < 1.29 is 33.8 Å². The van der Waals surface area contributed by atoms with Crippen molar-refractivity contribution >= 4 is 56.4 Å². The van der Waals surface area contributed by atoms with E-state index in [-0.39, 0.29) is 11.1 Å². The van der Waals surface area contributed by atoms with Crippen LogP contribution in [-0.2, 0) is 19.1 Å². The minimum absolute atomic E-state index is 0.216. The fraction of sp³-hybridized carbons (Fsp3) is 0.368. The SMILES string of the molecule is COC(=O)c1ccsc1NC(=O)c1ccsc1NC(=O)[C@H]1[C@H](C(=O)O)[C@H]2CC[C@H]1O2. The van der Waals surface area contributed by atoms with Crippen LogP contribution < -0.4 is 10.6 Å². The maximum atomic E-state index is 12.9. The number of esters is 1. The zero-order chi connectivity index (χ0) is 21.4. The third-order valence-electron chi connectivity index (χ3n) is 5.31. The summed E-state index contributed by atoms with van der Waals surface area (Å²) in [6.07, 6.45) is 0.382. The number of hydrogen-bond acceptors (Lipinski definition) is 8. The molecule has 2 aliphatic rings. The molecule has 4 rings (SSSR count). The number of ether oxygens (including phenoxy) is 2. The predicted octanol–water partition coefficient (Wildman–Crippen LogP) is 2.67. The molecule has 2 fully saturated rings. The number of amides is 2. The molecule has 0 aliphatic carbocycles. The highest BCUT2D eigenvalue weighted by atomic mass is 32.1. The molecule has 0 radical (unpaired) electrons. The maximum absolute atomic E-state index is 12.9. The van der Waals surface area contributed by atoms with Gasteiger partial charge in [0.15, 0.2) is 0 Å². The third kappa shape index (κ3) is 3.59. The van der Waals surface area contributed by atoms with Crippen molar-refractivity contribution in [3.8, 4) is 0 Å². The molecule has 11 heteroatoms. The smallest absolute Gasteiger partial charge is 0.340 e. The van der Waals surface area contributed by atoms with E-state index in [1.807, 2.05) is 0 Å². The number of nitrogens with one attached hydrogen (secondary N) is 2. The average molecular weight is 450 g/mol. The highest BCUT2D eigenvalue weighted by molar-refractivity contribution is 7.15. The Bertz CT molecular complexity index is 1010. The molecule has 0 aromatic carbocycles. The second-order valence-corrected chi connectivity index (χ2v) is 8.77.